The minimum Gasteiger partial charge on any atom is -0.504 e. The molecule has 0 aliphatic heterocycles. The lowest BCUT2D eigenvalue weighted by molar-refractivity contribution is -0.679. The molecule has 1 heterocycles. The summed E-state index contributed by atoms with van der Waals surface area (Å²) in [6, 6.07) is 10.0. The number of rotatable bonds is 4. The van der Waals surface area contributed by atoms with E-state index in [1.54, 1.807) is 12.3 Å². The highest BCUT2D eigenvalue weighted by Gasteiger charge is 2.15. The monoisotopic (exact) mass is 301 g/mol. The molecule has 3 N–H and O–H groups in total. The van der Waals surface area contributed by atoms with E-state index >= 15 is 0 Å². The topological polar surface area (TPSA) is 59.4 Å². The molecule has 0 atom stereocenters. The van der Waals surface area contributed by atoms with Gasteiger partial charge in [0, 0.05) is 0 Å². The van der Waals surface area contributed by atoms with Crippen LogP contribution in [0, 0.1) is 0 Å². The van der Waals surface area contributed by atoms with Gasteiger partial charge >= 0.3 is 0 Å². The predicted molar refractivity (Wildman–Crippen MR) is 86.6 cm³/mol. The van der Waals surface area contributed by atoms with Crippen LogP contribution in [0.5, 0.6) is 11.5 Å². The predicted octanol–water partition coefficient (Wildman–Crippen LogP) is 2.55. The standard InChI is InChI=1S/C18H24N2O2/c1-18(2,3)14-7-5-13(6-8-14)12-22-17-11-20(4)15(10-19)9-16(17)21/h5-9,11H,10,12,19H2,1-4H3/p+1. The van der Waals surface area contributed by atoms with Gasteiger partial charge in [-0.15, -0.1) is 0 Å². The summed E-state index contributed by atoms with van der Waals surface area (Å²) < 4.78 is 7.58. The average molecular weight is 301 g/mol. The summed E-state index contributed by atoms with van der Waals surface area (Å²) in [7, 11) is 1.88. The molecule has 4 nitrogen and oxygen atoms in total. The Bertz CT molecular complexity index is 643. The fourth-order valence-corrected chi connectivity index (χ4v) is 2.23. The lowest BCUT2D eigenvalue weighted by atomic mass is 9.87. The molecule has 22 heavy (non-hydrogen) atoms. The highest BCUT2D eigenvalue weighted by Crippen LogP contribution is 2.26. The molecule has 1 aromatic heterocycles. The number of nitrogens with two attached hydrogens (primary N) is 1. The summed E-state index contributed by atoms with van der Waals surface area (Å²) in [5.41, 5.74) is 8.96. The molecule has 0 aliphatic rings. The highest BCUT2D eigenvalue weighted by atomic mass is 16.5. The summed E-state index contributed by atoms with van der Waals surface area (Å²) in [5.74, 6) is 0.574. The normalized spacial score (nSPS) is 11.5. The van der Waals surface area contributed by atoms with Crippen LogP contribution in [-0.4, -0.2) is 5.11 Å². The Kier molecular flexibility index (Phi) is 4.71. The first kappa shape index (κ1) is 16.3. The molecule has 2 aromatic rings. The van der Waals surface area contributed by atoms with Crippen molar-refractivity contribution in [2.45, 2.75) is 39.3 Å². The Balaban J connectivity index is 2.09. The minimum absolute atomic E-state index is 0.116. The van der Waals surface area contributed by atoms with Crippen molar-refractivity contribution in [2.24, 2.45) is 12.8 Å². The molecule has 1 aromatic carbocycles. The third-order valence-corrected chi connectivity index (χ3v) is 3.74. The molecule has 2 rings (SSSR count). The van der Waals surface area contributed by atoms with Gasteiger partial charge < -0.3 is 15.6 Å². The van der Waals surface area contributed by atoms with Crippen LogP contribution in [0.2, 0.25) is 0 Å². The van der Waals surface area contributed by atoms with E-state index in [-0.39, 0.29) is 11.2 Å². The van der Waals surface area contributed by atoms with Gasteiger partial charge in [-0.1, -0.05) is 45.0 Å². The van der Waals surface area contributed by atoms with E-state index in [0.717, 1.165) is 11.3 Å². The summed E-state index contributed by atoms with van der Waals surface area (Å²) in [6.07, 6.45) is 1.75. The van der Waals surface area contributed by atoms with Crippen molar-refractivity contribution in [2.75, 3.05) is 0 Å². The summed E-state index contributed by atoms with van der Waals surface area (Å²) >= 11 is 0. The minimum atomic E-state index is 0.116. The van der Waals surface area contributed by atoms with Crippen LogP contribution in [0.1, 0.15) is 37.6 Å². The van der Waals surface area contributed by atoms with E-state index in [1.165, 1.54) is 5.56 Å². The number of aromatic nitrogens is 1. The second kappa shape index (κ2) is 6.36. The van der Waals surface area contributed by atoms with Crippen molar-refractivity contribution in [3.05, 3.63) is 53.3 Å². The van der Waals surface area contributed by atoms with E-state index < -0.39 is 0 Å². The Hall–Kier alpha value is -2.07. The SMILES string of the molecule is C[n+]1cc(OCc2ccc(C(C)(C)C)cc2)c(O)cc1CN. The van der Waals surface area contributed by atoms with Gasteiger partial charge in [-0.05, 0) is 16.5 Å². The maximum absolute atomic E-state index is 9.98. The number of nitrogens with zero attached hydrogens (tertiary/aromatic N) is 1. The number of hydrogen-bond donors (Lipinski definition) is 2. The lowest BCUT2D eigenvalue weighted by Crippen LogP contribution is -2.34. The van der Waals surface area contributed by atoms with Crippen LogP contribution < -0.4 is 15.0 Å². The van der Waals surface area contributed by atoms with Crippen LogP contribution in [0.25, 0.3) is 0 Å². The second-order valence-electron chi connectivity index (χ2n) is 6.56. The maximum atomic E-state index is 9.98. The first-order valence-corrected chi connectivity index (χ1v) is 7.45. The van der Waals surface area contributed by atoms with Crippen LogP contribution in [0.4, 0.5) is 0 Å². The van der Waals surface area contributed by atoms with Gasteiger partial charge in [0.05, 0.1) is 12.6 Å². The molecule has 118 valence electrons. The average Bonchev–Trinajstić information content (AvgIpc) is 2.47. The van der Waals surface area contributed by atoms with Gasteiger partial charge in [0.2, 0.25) is 11.9 Å². The van der Waals surface area contributed by atoms with Crippen molar-refractivity contribution in [3.63, 3.8) is 0 Å². The summed E-state index contributed by atoms with van der Waals surface area (Å²) in [5, 5.41) is 9.98. The van der Waals surface area contributed by atoms with E-state index in [2.05, 4.69) is 45.0 Å². The van der Waals surface area contributed by atoms with Crippen molar-refractivity contribution >= 4 is 0 Å². The van der Waals surface area contributed by atoms with Crippen molar-refractivity contribution in [1.29, 1.82) is 0 Å². The van der Waals surface area contributed by atoms with Crippen molar-refractivity contribution in [1.82, 2.24) is 0 Å². The van der Waals surface area contributed by atoms with Gasteiger partial charge in [-0.3, -0.25) is 0 Å². The number of aryl methyl sites for hydroxylation is 1. The molecular formula is C18H25N2O2+. The quantitative estimate of drug-likeness (QED) is 0.853. The molecule has 0 radical (unpaired) electrons. The zero-order valence-electron chi connectivity index (χ0n) is 13.8. The number of hydrogen-bond acceptors (Lipinski definition) is 3. The van der Waals surface area contributed by atoms with Crippen LogP contribution >= 0.6 is 0 Å². The first-order valence-electron chi connectivity index (χ1n) is 7.45. The van der Waals surface area contributed by atoms with Gasteiger partial charge in [0.1, 0.15) is 13.7 Å². The van der Waals surface area contributed by atoms with Gasteiger partial charge in [0.15, 0.2) is 11.4 Å². The molecular weight excluding hydrogens is 276 g/mol. The fraction of sp³-hybridized carbons (Fsp3) is 0.389. The van der Waals surface area contributed by atoms with E-state index in [9.17, 15) is 5.11 Å². The van der Waals surface area contributed by atoms with Crippen LogP contribution in [0.15, 0.2) is 36.5 Å². The first-order chi connectivity index (χ1) is 10.3. The zero-order valence-corrected chi connectivity index (χ0v) is 13.8. The molecule has 0 saturated carbocycles. The van der Waals surface area contributed by atoms with E-state index in [4.69, 9.17) is 10.5 Å². The molecule has 0 spiro atoms. The molecule has 0 bridgehead atoms. The molecule has 0 saturated heterocycles. The molecule has 0 aliphatic carbocycles. The Morgan fingerprint density at radius 2 is 1.82 bits per heavy atom. The molecule has 0 fully saturated rings. The molecule has 4 heteroatoms. The van der Waals surface area contributed by atoms with Gasteiger partial charge in [-0.25, -0.2) is 4.57 Å². The third-order valence-electron chi connectivity index (χ3n) is 3.74. The number of benzene rings is 1. The Morgan fingerprint density at radius 3 is 2.36 bits per heavy atom. The summed E-state index contributed by atoms with van der Waals surface area (Å²) in [4.78, 5) is 0. The highest BCUT2D eigenvalue weighted by molar-refractivity contribution is 5.35. The smallest absolute Gasteiger partial charge is 0.226 e. The Morgan fingerprint density at radius 1 is 1.18 bits per heavy atom. The van der Waals surface area contributed by atoms with E-state index in [1.807, 2.05) is 11.6 Å². The maximum Gasteiger partial charge on any atom is 0.226 e. The van der Waals surface area contributed by atoms with Crippen molar-refractivity contribution in [3.8, 4) is 11.5 Å². The van der Waals surface area contributed by atoms with Crippen LogP contribution in [0.3, 0.4) is 0 Å². The van der Waals surface area contributed by atoms with Crippen LogP contribution in [-0.2, 0) is 25.6 Å². The van der Waals surface area contributed by atoms with Gasteiger partial charge in [0.25, 0.3) is 0 Å². The second-order valence-corrected chi connectivity index (χ2v) is 6.56. The largest absolute Gasteiger partial charge is 0.504 e. The Labute approximate surface area is 132 Å². The van der Waals surface area contributed by atoms with Gasteiger partial charge in [-0.2, -0.15) is 0 Å². The fourth-order valence-electron chi connectivity index (χ4n) is 2.23. The lowest BCUT2D eigenvalue weighted by Gasteiger charge is -2.19. The third kappa shape index (κ3) is 3.77. The number of ether oxygens (including phenoxy) is 1. The molecule has 0 unspecified atom stereocenters. The van der Waals surface area contributed by atoms with Crippen molar-refractivity contribution < 1.29 is 14.4 Å². The van der Waals surface area contributed by atoms with E-state index in [0.29, 0.717) is 18.9 Å². The number of pyridine rings is 1. The summed E-state index contributed by atoms with van der Waals surface area (Å²) in [6.45, 7) is 7.36. The molecule has 0 amide bonds. The zero-order chi connectivity index (χ0) is 16.3. The number of aromatic hydroxyl groups is 1.